The first-order valence-corrected chi connectivity index (χ1v) is 9.08. The topological polar surface area (TPSA) is 68.8 Å². The van der Waals surface area contributed by atoms with Crippen molar-refractivity contribution in [1.29, 1.82) is 0 Å². The predicted octanol–water partition coefficient (Wildman–Crippen LogP) is 1.35. The van der Waals surface area contributed by atoms with Gasteiger partial charge in [-0.1, -0.05) is 6.42 Å². The van der Waals surface area contributed by atoms with Gasteiger partial charge in [0, 0.05) is 18.5 Å². The van der Waals surface area contributed by atoms with Gasteiger partial charge >= 0.3 is 13.1 Å². The predicted molar refractivity (Wildman–Crippen MR) is 92.8 cm³/mol. The number of methoxy groups -OCH3 is 1. The van der Waals surface area contributed by atoms with Gasteiger partial charge < -0.3 is 24.7 Å². The second-order valence-corrected chi connectivity index (χ2v) is 8.54. The number of rotatable bonds is 5. The van der Waals surface area contributed by atoms with Crippen LogP contribution in [0.2, 0.25) is 6.32 Å². The number of hydrogen-bond donors (Lipinski definition) is 2. The molecular weight excluding hydrogens is 307 g/mol. The summed E-state index contributed by atoms with van der Waals surface area (Å²) in [6.45, 7) is 10.7. The van der Waals surface area contributed by atoms with Crippen LogP contribution in [-0.4, -0.2) is 56.6 Å². The van der Waals surface area contributed by atoms with E-state index in [0.717, 1.165) is 38.7 Å². The number of carbonyl (C=O) groups is 1. The molecule has 3 heterocycles. The normalized spacial score (nSPS) is 36.8. The minimum Gasteiger partial charge on any atom is -0.468 e. The van der Waals surface area contributed by atoms with Crippen molar-refractivity contribution in [2.75, 3.05) is 26.7 Å². The lowest BCUT2D eigenvalue weighted by atomic mass is 9.67. The molecule has 7 heteroatoms. The molecule has 2 atom stereocenters. The van der Waals surface area contributed by atoms with Crippen LogP contribution < -0.4 is 10.6 Å². The maximum Gasteiger partial charge on any atom is 0.457 e. The van der Waals surface area contributed by atoms with Gasteiger partial charge in [-0.15, -0.1) is 0 Å². The van der Waals surface area contributed by atoms with Crippen LogP contribution in [0, 0.1) is 5.41 Å². The first-order chi connectivity index (χ1) is 11.2. The summed E-state index contributed by atoms with van der Waals surface area (Å²) < 4.78 is 17.3. The average Bonchev–Trinajstić information content (AvgIpc) is 3.06. The second kappa shape index (κ2) is 5.97. The highest BCUT2D eigenvalue weighted by molar-refractivity contribution is 6.45. The molecule has 0 amide bonds. The van der Waals surface area contributed by atoms with Crippen molar-refractivity contribution in [3.05, 3.63) is 0 Å². The lowest BCUT2D eigenvalue weighted by Gasteiger charge is -2.37. The Bertz CT molecular complexity index is 483. The van der Waals surface area contributed by atoms with Crippen molar-refractivity contribution in [2.45, 2.75) is 70.0 Å². The third-order valence-electron chi connectivity index (χ3n) is 6.72. The molecule has 0 saturated carbocycles. The smallest absolute Gasteiger partial charge is 0.457 e. The van der Waals surface area contributed by atoms with Crippen molar-refractivity contribution in [3.8, 4) is 0 Å². The molecule has 0 unspecified atom stereocenters. The van der Waals surface area contributed by atoms with Gasteiger partial charge in [-0.25, -0.2) is 4.79 Å². The molecule has 3 aliphatic heterocycles. The van der Waals surface area contributed by atoms with Crippen LogP contribution in [0.25, 0.3) is 0 Å². The number of carbonyl (C=O) groups excluding carboxylic acids is 1. The van der Waals surface area contributed by atoms with Crippen LogP contribution in [0.4, 0.5) is 0 Å². The molecule has 0 radical (unpaired) electrons. The van der Waals surface area contributed by atoms with E-state index in [2.05, 4.69) is 38.3 Å². The summed E-state index contributed by atoms with van der Waals surface area (Å²) in [7, 11) is 1.31. The first-order valence-electron chi connectivity index (χ1n) is 9.08. The van der Waals surface area contributed by atoms with Crippen LogP contribution in [0.3, 0.4) is 0 Å². The van der Waals surface area contributed by atoms with Crippen molar-refractivity contribution < 1.29 is 18.8 Å². The quantitative estimate of drug-likeness (QED) is 0.583. The van der Waals surface area contributed by atoms with E-state index in [1.54, 1.807) is 0 Å². The molecule has 6 nitrogen and oxygen atoms in total. The van der Waals surface area contributed by atoms with E-state index in [1.165, 1.54) is 7.11 Å². The van der Waals surface area contributed by atoms with E-state index in [-0.39, 0.29) is 29.7 Å². The fourth-order valence-corrected chi connectivity index (χ4v) is 4.55. The summed E-state index contributed by atoms with van der Waals surface area (Å²) in [5, 5.41) is 6.83. The molecule has 0 aromatic carbocycles. The van der Waals surface area contributed by atoms with Crippen molar-refractivity contribution >= 4 is 13.1 Å². The number of hydrogen-bond acceptors (Lipinski definition) is 6. The molecule has 0 aromatic rings. The van der Waals surface area contributed by atoms with Gasteiger partial charge in [0.05, 0.1) is 18.3 Å². The van der Waals surface area contributed by atoms with E-state index in [1.807, 2.05) is 0 Å². The van der Waals surface area contributed by atoms with E-state index >= 15 is 0 Å². The fourth-order valence-electron chi connectivity index (χ4n) is 4.55. The standard InChI is InChI=1S/C17H31BN2O4/c1-14(2)15(3,4)24-18(23-14)9-6-7-16-8-10-20-17(16,12-19-11-16)13(21)22-5/h19-20H,6-12H2,1-5H3/t16-,17-/m1/s1. The molecule has 3 rings (SSSR count). The van der Waals surface area contributed by atoms with Crippen molar-refractivity contribution in [2.24, 2.45) is 5.41 Å². The zero-order valence-electron chi connectivity index (χ0n) is 15.7. The fraction of sp³-hybridized carbons (Fsp3) is 0.941. The van der Waals surface area contributed by atoms with E-state index < -0.39 is 5.54 Å². The largest absolute Gasteiger partial charge is 0.468 e. The summed E-state index contributed by atoms with van der Waals surface area (Å²) in [6, 6.07) is 0. The summed E-state index contributed by atoms with van der Waals surface area (Å²) >= 11 is 0. The Labute approximate surface area is 145 Å². The minimum atomic E-state index is -0.572. The molecule has 3 aliphatic rings. The van der Waals surface area contributed by atoms with Gasteiger partial charge in [0.2, 0.25) is 0 Å². The Kier molecular flexibility index (Phi) is 4.52. The highest BCUT2D eigenvalue weighted by atomic mass is 16.7. The van der Waals surface area contributed by atoms with Gasteiger partial charge in [-0.3, -0.25) is 0 Å². The highest BCUT2D eigenvalue weighted by Gasteiger charge is 2.63. The number of esters is 1. The van der Waals surface area contributed by atoms with E-state index in [9.17, 15) is 4.79 Å². The number of fused-ring (bicyclic) bond motifs is 1. The monoisotopic (exact) mass is 338 g/mol. The zero-order valence-corrected chi connectivity index (χ0v) is 15.7. The molecule has 0 bridgehead atoms. The Morgan fingerprint density at radius 2 is 1.83 bits per heavy atom. The Morgan fingerprint density at radius 3 is 2.46 bits per heavy atom. The Hall–Kier alpha value is -0.625. The van der Waals surface area contributed by atoms with Gasteiger partial charge in [0.15, 0.2) is 0 Å². The van der Waals surface area contributed by atoms with Gasteiger partial charge in [-0.05, 0) is 53.4 Å². The van der Waals surface area contributed by atoms with Crippen LogP contribution >= 0.6 is 0 Å². The molecule has 0 spiro atoms. The van der Waals surface area contributed by atoms with Gasteiger partial charge in [-0.2, -0.15) is 0 Å². The molecule has 0 aromatic heterocycles. The SMILES string of the molecule is COC(=O)[C@]12CNC[C@@]1(CCCB1OC(C)(C)C(C)(C)O1)CCN2. The third-order valence-corrected chi connectivity index (χ3v) is 6.72. The van der Waals surface area contributed by atoms with Gasteiger partial charge in [0.25, 0.3) is 0 Å². The van der Waals surface area contributed by atoms with Crippen LogP contribution in [0.1, 0.15) is 47.0 Å². The highest BCUT2D eigenvalue weighted by Crippen LogP contribution is 2.48. The molecule has 0 aliphatic carbocycles. The molecule has 136 valence electrons. The molecule has 2 N–H and O–H groups in total. The molecular formula is C17H31BN2O4. The summed E-state index contributed by atoms with van der Waals surface area (Å²) in [4.78, 5) is 12.4. The number of ether oxygens (including phenoxy) is 1. The summed E-state index contributed by atoms with van der Waals surface area (Å²) in [6.07, 6.45) is 3.79. The van der Waals surface area contributed by atoms with Crippen LogP contribution in [0.15, 0.2) is 0 Å². The number of nitrogens with one attached hydrogen (secondary N) is 2. The lowest BCUT2D eigenvalue weighted by molar-refractivity contribution is -0.151. The summed E-state index contributed by atoms with van der Waals surface area (Å²) in [5.41, 5.74) is -1.20. The first kappa shape index (κ1) is 18.2. The van der Waals surface area contributed by atoms with Crippen molar-refractivity contribution in [1.82, 2.24) is 10.6 Å². The van der Waals surface area contributed by atoms with Crippen LogP contribution in [0.5, 0.6) is 0 Å². The Balaban J connectivity index is 1.61. The zero-order chi connectivity index (χ0) is 17.6. The minimum absolute atomic E-state index is 0.0657. The van der Waals surface area contributed by atoms with Crippen LogP contribution in [-0.2, 0) is 18.8 Å². The second-order valence-electron chi connectivity index (χ2n) is 8.54. The lowest BCUT2D eigenvalue weighted by Crippen LogP contribution is -2.58. The Morgan fingerprint density at radius 1 is 1.17 bits per heavy atom. The van der Waals surface area contributed by atoms with Crippen molar-refractivity contribution in [3.63, 3.8) is 0 Å². The maximum atomic E-state index is 12.4. The maximum absolute atomic E-state index is 12.4. The summed E-state index contributed by atoms with van der Waals surface area (Å²) in [5.74, 6) is -0.138. The molecule has 24 heavy (non-hydrogen) atoms. The molecule has 3 fully saturated rings. The third kappa shape index (κ3) is 2.60. The average molecular weight is 338 g/mol. The van der Waals surface area contributed by atoms with E-state index in [4.69, 9.17) is 14.0 Å². The van der Waals surface area contributed by atoms with Gasteiger partial charge in [0.1, 0.15) is 5.54 Å². The molecule has 3 saturated heterocycles. The van der Waals surface area contributed by atoms with E-state index in [0.29, 0.717) is 6.54 Å².